The smallest absolute Gasteiger partial charge is 0.222 e. The molecule has 3 heteroatoms. The van der Waals surface area contributed by atoms with E-state index in [1.165, 1.54) is 38.5 Å². The zero-order valence-corrected chi connectivity index (χ0v) is 12.0. The van der Waals surface area contributed by atoms with Crippen molar-refractivity contribution >= 4 is 21.8 Å². The van der Waals surface area contributed by atoms with E-state index in [4.69, 9.17) is 0 Å². The number of hydrogen-bond acceptors (Lipinski definition) is 1. The van der Waals surface area contributed by atoms with Crippen LogP contribution in [0.3, 0.4) is 0 Å². The number of rotatable bonds is 7. The Morgan fingerprint density at radius 2 is 2.00 bits per heavy atom. The van der Waals surface area contributed by atoms with Gasteiger partial charge in [0.25, 0.3) is 0 Å². The highest BCUT2D eigenvalue weighted by Crippen LogP contribution is 2.14. The Morgan fingerprint density at radius 3 is 2.69 bits per heavy atom. The van der Waals surface area contributed by atoms with Crippen LogP contribution >= 0.6 is 15.9 Å². The summed E-state index contributed by atoms with van der Waals surface area (Å²) in [4.78, 5) is 14.2. The summed E-state index contributed by atoms with van der Waals surface area (Å²) in [5.74, 6) is 0.375. The van der Waals surface area contributed by atoms with Crippen molar-refractivity contribution in [1.29, 1.82) is 0 Å². The zero-order valence-electron chi connectivity index (χ0n) is 10.4. The lowest BCUT2D eigenvalue weighted by atomic mass is 10.1. The first-order chi connectivity index (χ1) is 7.70. The van der Waals surface area contributed by atoms with Crippen molar-refractivity contribution in [3.8, 4) is 0 Å². The highest BCUT2D eigenvalue weighted by atomic mass is 79.9. The van der Waals surface area contributed by atoms with Crippen molar-refractivity contribution < 1.29 is 4.79 Å². The van der Waals surface area contributed by atoms with Gasteiger partial charge >= 0.3 is 0 Å². The van der Waals surface area contributed by atoms with Gasteiger partial charge in [0.2, 0.25) is 5.91 Å². The fourth-order valence-electron chi connectivity index (χ4n) is 2.18. The number of nitrogens with zero attached hydrogens (tertiary/aromatic N) is 1. The Balaban J connectivity index is 1.96. The number of carbonyl (C=O) groups is 1. The number of alkyl halides is 1. The van der Waals surface area contributed by atoms with Crippen LogP contribution in [0.1, 0.15) is 58.3 Å². The van der Waals surface area contributed by atoms with Gasteiger partial charge in [-0.2, -0.15) is 0 Å². The molecule has 1 heterocycles. The quantitative estimate of drug-likeness (QED) is 0.517. The van der Waals surface area contributed by atoms with E-state index in [0.717, 1.165) is 25.9 Å². The Hall–Kier alpha value is -0.0500. The van der Waals surface area contributed by atoms with Crippen LogP contribution in [0.5, 0.6) is 0 Å². The molecule has 0 bridgehead atoms. The third kappa shape index (κ3) is 5.88. The molecule has 0 aliphatic carbocycles. The van der Waals surface area contributed by atoms with E-state index in [1.54, 1.807) is 0 Å². The van der Waals surface area contributed by atoms with E-state index in [1.807, 2.05) is 0 Å². The number of carbonyl (C=O) groups excluding carboxylic acids is 1. The Labute approximate surface area is 108 Å². The van der Waals surface area contributed by atoms with Crippen LogP contribution in [0.15, 0.2) is 0 Å². The van der Waals surface area contributed by atoms with Crippen LogP contribution < -0.4 is 0 Å². The fraction of sp³-hybridized carbons (Fsp3) is 0.923. The van der Waals surface area contributed by atoms with Crippen LogP contribution in [0.2, 0.25) is 0 Å². The second-order valence-electron chi connectivity index (χ2n) is 4.82. The molecule has 0 aromatic carbocycles. The van der Waals surface area contributed by atoms with Crippen LogP contribution in [-0.4, -0.2) is 28.7 Å². The molecule has 0 N–H and O–H groups in total. The van der Waals surface area contributed by atoms with Gasteiger partial charge in [0.1, 0.15) is 0 Å². The molecule has 0 radical (unpaired) electrons. The van der Waals surface area contributed by atoms with Crippen molar-refractivity contribution in [3.05, 3.63) is 0 Å². The van der Waals surface area contributed by atoms with E-state index in [9.17, 15) is 4.79 Å². The van der Waals surface area contributed by atoms with Gasteiger partial charge in [-0.3, -0.25) is 4.79 Å². The highest BCUT2D eigenvalue weighted by molar-refractivity contribution is 9.09. The molecule has 1 aliphatic rings. The normalized spacial score (nSPS) is 18.9. The molecule has 1 unspecified atom stereocenters. The summed E-state index contributed by atoms with van der Waals surface area (Å²) in [6.07, 6.45) is 9.40. The maximum absolute atomic E-state index is 11.5. The summed E-state index contributed by atoms with van der Waals surface area (Å²) in [6.45, 7) is 4.19. The maximum Gasteiger partial charge on any atom is 0.222 e. The number of likely N-dealkylation sites (tertiary alicyclic amines) is 1. The van der Waals surface area contributed by atoms with Gasteiger partial charge in [-0.15, -0.1) is 0 Å². The van der Waals surface area contributed by atoms with Crippen molar-refractivity contribution in [1.82, 2.24) is 4.90 Å². The molecule has 1 amide bonds. The minimum atomic E-state index is 0.375. The predicted octanol–water partition coefficient (Wildman–Crippen LogP) is 3.73. The van der Waals surface area contributed by atoms with Crippen molar-refractivity contribution in [2.45, 2.75) is 63.1 Å². The standard InChI is InChI=1S/C13H24BrNO/c1-12(14)8-4-2-3-6-10-15-11-7-5-9-13(15)16/h12H,2-11H2,1H3. The molecule has 0 aromatic rings. The summed E-state index contributed by atoms with van der Waals surface area (Å²) in [5, 5.41) is 0. The molecule has 1 aliphatic heterocycles. The Morgan fingerprint density at radius 1 is 1.25 bits per heavy atom. The largest absolute Gasteiger partial charge is 0.343 e. The lowest BCUT2D eigenvalue weighted by molar-refractivity contribution is -0.133. The van der Waals surface area contributed by atoms with Crippen LogP contribution in [0.4, 0.5) is 0 Å². The molecule has 1 fully saturated rings. The van der Waals surface area contributed by atoms with Gasteiger partial charge < -0.3 is 4.90 Å². The molecule has 0 spiro atoms. The first-order valence-electron chi connectivity index (χ1n) is 6.62. The van der Waals surface area contributed by atoms with Gasteiger partial charge in [0.05, 0.1) is 0 Å². The third-order valence-corrected chi connectivity index (χ3v) is 3.66. The summed E-state index contributed by atoms with van der Waals surface area (Å²) in [6, 6.07) is 0. The monoisotopic (exact) mass is 289 g/mol. The Bertz CT molecular complexity index is 206. The minimum Gasteiger partial charge on any atom is -0.343 e. The highest BCUT2D eigenvalue weighted by Gasteiger charge is 2.16. The average Bonchev–Trinajstić information content (AvgIpc) is 2.25. The lowest BCUT2D eigenvalue weighted by Crippen LogP contribution is -2.35. The number of amides is 1. The van der Waals surface area contributed by atoms with E-state index < -0.39 is 0 Å². The van der Waals surface area contributed by atoms with E-state index in [2.05, 4.69) is 27.8 Å². The minimum absolute atomic E-state index is 0.375. The SMILES string of the molecule is CC(Br)CCCCCCN1CCCCC1=O. The first-order valence-corrected chi connectivity index (χ1v) is 7.53. The number of piperidine rings is 1. The summed E-state index contributed by atoms with van der Waals surface area (Å²) >= 11 is 3.56. The molecule has 0 aromatic heterocycles. The molecule has 1 rings (SSSR count). The van der Waals surface area contributed by atoms with Gasteiger partial charge in [-0.25, -0.2) is 0 Å². The summed E-state index contributed by atoms with van der Waals surface area (Å²) in [5.41, 5.74) is 0. The van der Waals surface area contributed by atoms with E-state index in [0.29, 0.717) is 10.7 Å². The molecule has 16 heavy (non-hydrogen) atoms. The summed E-state index contributed by atoms with van der Waals surface area (Å²) < 4.78 is 0. The number of halogens is 1. The van der Waals surface area contributed by atoms with Crippen LogP contribution in [0.25, 0.3) is 0 Å². The Kier molecular flexibility index (Phi) is 7.10. The van der Waals surface area contributed by atoms with Gasteiger partial charge in [0.15, 0.2) is 0 Å². The molecule has 1 atom stereocenters. The number of unbranched alkanes of at least 4 members (excludes halogenated alkanes) is 3. The zero-order chi connectivity index (χ0) is 11.8. The fourth-order valence-corrected chi connectivity index (χ4v) is 2.50. The molecular weight excluding hydrogens is 266 g/mol. The van der Waals surface area contributed by atoms with Crippen LogP contribution in [0, 0.1) is 0 Å². The molecule has 0 saturated carbocycles. The van der Waals surface area contributed by atoms with Crippen molar-refractivity contribution in [2.24, 2.45) is 0 Å². The van der Waals surface area contributed by atoms with Crippen molar-refractivity contribution in [3.63, 3.8) is 0 Å². The second-order valence-corrected chi connectivity index (χ2v) is 6.38. The van der Waals surface area contributed by atoms with Crippen LogP contribution in [-0.2, 0) is 4.79 Å². The van der Waals surface area contributed by atoms with Gasteiger partial charge in [-0.1, -0.05) is 42.1 Å². The summed E-state index contributed by atoms with van der Waals surface area (Å²) in [7, 11) is 0. The molecule has 94 valence electrons. The van der Waals surface area contributed by atoms with E-state index >= 15 is 0 Å². The topological polar surface area (TPSA) is 20.3 Å². The molecule has 1 saturated heterocycles. The molecular formula is C13H24BrNO. The average molecular weight is 290 g/mol. The van der Waals surface area contributed by atoms with Crippen molar-refractivity contribution in [2.75, 3.05) is 13.1 Å². The van der Waals surface area contributed by atoms with Gasteiger partial charge in [0, 0.05) is 24.3 Å². The van der Waals surface area contributed by atoms with E-state index in [-0.39, 0.29) is 0 Å². The molecule has 2 nitrogen and oxygen atoms in total. The maximum atomic E-state index is 11.5. The lowest BCUT2D eigenvalue weighted by Gasteiger charge is -2.26. The second kappa shape index (κ2) is 8.10. The third-order valence-electron chi connectivity index (χ3n) is 3.20. The number of hydrogen-bond donors (Lipinski definition) is 0. The first kappa shape index (κ1) is 14.0. The predicted molar refractivity (Wildman–Crippen MR) is 71.9 cm³/mol. The van der Waals surface area contributed by atoms with Gasteiger partial charge in [-0.05, 0) is 25.7 Å².